The van der Waals surface area contributed by atoms with Crippen molar-refractivity contribution in [2.45, 2.75) is 63.1 Å². The van der Waals surface area contributed by atoms with Crippen molar-refractivity contribution >= 4 is 15.5 Å². The molecular weight excluding hydrogens is 598 g/mol. The van der Waals surface area contributed by atoms with Gasteiger partial charge in [0, 0.05) is 0 Å². The monoisotopic (exact) mass is 627 g/mol. The number of alkyl carbamates (subject to hydrolysis) is 1. The second kappa shape index (κ2) is 11.1. The molecule has 0 saturated carbocycles. The molecule has 1 atom stereocenters. The number of aromatic nitrogens is 1. The second-order valence-electron chi connectivity index (χ2n) is 8.58. The number of cyclic esters (lactones) is 1. The van der Waals surface area contributed by atoms with Crippen LogP contribution in [-0.2, 0) is 16.1 Å². The van der Waals surface area contributed by atoms with Crippen LogP contribution in [0, 0.1) is 0 Å². The molecule has 0 bridgehead atoms. The third kappa shape index (κ3) is 5.74. The van der Waals surface area contributed by atoms with Crippen molar-refractivity contribution in [2.24, 2.45) is 4.99 Å². The molecule has 6 nitrogen and oxygen atoms in total. The summed E-state index contributed by atoms with van der Waals surface area (Å²) < 4.78 is 78.4. The second-order valence-corrected chi connectivity index (χ2v) is 11.2. The van der Waals surface area contributed by atoms with E-state index in [0.717, 1.165) is 6.07 Å². The number of halogens is 6. The molecular formula is C24H29F5IN4O2-. The maximum atomic E-state index is 15.0. The van der Waals surface area contributed by atoms with Crippen LogP contribution in [0.2, 0.25) is 0 Å². The van der Waals surface area contributed by atoms with Crippen LogP contribution >= 0.6 is 0 Å². The van der Waals surface area contributed by atoms with E-state index in [1.165, 1.54) is 24.1 Å². The van der Waals surface area contributed by atoms with Gasteiger partial charge >= 0.3 is 217 Å². The van der Waals surface area contributed by atoms with E-state index in [1.54, 1.807) is 0 Å². The van der Waals surface area contributed by atoms with Crippen LogP contribution in [0.15, 0.2) is 33.4 Å². The third-order valence-electron chi connectivity index (χ3n) is 6.60. The molecule has 0 radical (unpaired) electrons. The summed E-state index contributed by atoms with van der Waals surface area (Å²) in [6.45, 7) is 8.34. The number of piperidine rings is 1. The van der Waals surface area contributed by atoms with Crippen molar-refractivity contribution in [1.29, 1.82) is 0 Å². The average Bonchev–Trinajstić information content (AvgIpc) is 2.86. The van der Waals surface area contributed by atoms with Crippen LogP contribution in [0.25, 0.3) is 3.58 Å². The van der Waals surface area contributed by atoms with Crippen molar-refractivity contribution in [3.63, 3.8) is 0 Å². The van der Waals surface area contributed by atoms with Gasteiger partial charge in [-0.2, -0.15) is 0 Å². The summed E-state index contributed by atoms with van der Waals surface area (Å²) in [4.78, 5) is 20.4. The van der Waals surface area contributed by atoms with Crippen LogP contribution in [-0.4, -0.2) is 49.3 Å². The molecule has 0 aromatic carbocycles. The fourth-order valence-corrected chi connectivity index (χ4v) is 6.37. The van der Waals surface area contributed by atoms with Crippen molar-refractivity contribution in [1.82, 2.24) is 15.6 Å². The van der Waals surface area contributed by atoms with Gasteiger partial charge in [0.2, 0.25) is 0 Å². The molecule has 200 valence electrons. The number of hydrogen-bond donors (Lipinski definition) is 2. The number of amides is 1. The van der Waals surface area contributed by atoms with E-state index in [9.17, 15) is 18.0 Å². The number of carbonyl (C=O) groups excluding carboxylic acids is 1. The summed E-state index contributed by atoms with van der Waals surface area (Å²) >= 11 is -1.36. The minimum atomic E-state index is -4.95. The molecule has 2 aliphatic heterocycles. The number of amidine groups is 1. The van der Waals surface area contributed by atoms with Crippen molar-refractivity contribution in [2.75, 3.05) is 20.1 Å². The van der Waals surface area contributed by atoms with Crippen LogP contribution in [0.1, 0.15) is 56.5 Å². The van der Waals surface area contributed by atoms with E-state index in [-0.39, 0.29) is 20.7 Å². The molecule has 0 spiro atoms. The van der Waals surface area contributed by atoms with Crippen molar-refractivity contribution in [3.8, 4) is 0 Å². The number of nitrogens with one attached hydrogen (secondary N) is 2. The van der Waals surface area contributed by atoms with Gasteiger partial charge in [0.15, 0.2) is 0 Å². The summed E-state index contributed by atoms with van der Waals surface area (Å²) in [5.41, 5.74) is -0.798. The maximum absolute atomic E-state index is 15.0. The van der Waals surface area contributed by atoms with Gasteiger partial charge in [-0.1, -0.05) is 0 Å². The molecule has 2 aliphatic rings. The first-order valence-electron chi connectivity index (χ1n) is 11.5. The Kier molecular flexibility index (Phi) is 8.79. The number of aliphatic imine (C=N–C) groups is 1. The molecule has 0 unspecified atom stereocenters. The zero-order valence-electron chi connectivity index (χ0n) is 20.2. The van der Waals surface area contributed by atoms with Gasteiger partial charge in [0.25, 0.3) is 0 Å². The zero-order valence-corrected chi connectivity index (χ0v) is 22.4. The van der Waals surface area contributed by atoms with Gasteiger partial charge in [0.1, 0.15) is 0 Å². The average molecular weight is 627 g/mol. The molecule has 1 aromatic heterocycles. The van der Waals surface area contributed by atoms with Crippen molar-refractivity contribution < 1.29 is 52.7 Å². The van der Waals surface area contributed by atoms with Gasteiger partial charge in [0.05, 0.1) is 0 Å². The Labute approximate surface area is 217 Å². The van der Waals surface area contributed by atoms with Gasteiger partial charge in [-0.15, -0.1) is 0 Å². The molecule has 12 heteroatoms. The molecule has 2 N–H and O–H groups in total. The quantitative estimate of drug-likeness (QED) is 0.360. The Morgan fingerprint density at radius 3 is 2.47 bits per heavy atom. The standard InChI is InChI=1S/C24H29F5IN4O2/c1-5-22(8-10-32-11-9-22)16-13-14(23(25,26)6-2)12-15(33-16)18(30-7-3)17-19(24(27,28)29)36-21(35)34-20(17)31-4/h7,12-13,19,32H,3,5-6,8-11H2,1-2,4H3,(H,31,34,35)/q-1/b18-17-/t19-/m1/s1. The number of hydrogen-bond acceptors (Lipinski definition) is 5. The normalized spacial score (nSPS) is 23.3. The molecule has 0 aliphatic carbocycles. The van der Waals surface area contributed by atoms with E-state index < -0.39 is 62.9 Å². The number of carbonyl (C=O) groups is 1. The predicted octanol–water partition coefficient (Wildman–Crippen LogP) is 2.26. The fourth-order valence-electron chi connectivity index (χ4n) is 4.47. The van der Waals surface area contributed by atoms with Crippen molar-refractivity contribution in [3.05, 3.63) is 45.3 Å². The molecule has 36 heavy (non-hydrogen) atoms. The molecule has 3 heterocycles. The van der Waals surface area contributed by atoms with Gasteiger partial charge in [-0.25, -0.2) is 0 Å². The van der Waals surface area contributed by atoms with Crippen LogP contribution in [0.3, 0.4) is 0 Å². The first-order chi connectivity index (χ1) is 16.9. The number of rotatable bonds is 7. The summed E-state index contributed by atoms with van der Waals surface area (Å²) in [5.74, 6) is -3.54. The summed E-state index contributed by atoms with van der Waals surface area (Å²) in [5, 5.41) is 5.47. The molecule has 2 saturated heterocycles. The summed E-state index contributed by atoms with van der Waals surface area (Å²) in [6, 6.07) is 2.55. The zero-order chi connectivity index (χ0) is 26.7. The number of alkyl halides is 5. The van der Waals surface area contributed by atoms with Gasteiger partial charge in [-0.3, -0.25) is 0 Å². The Balaban J connectivity index is 2.37. The van der Waals surface area contributed by atoms with Gasteiger partial charge < -0.3 is 0 Å². The van der Waals surface area contributed by atoms with Crippen LogP contribution in [0.4, 0.5) is 26.7 Å². The van der Waals surface area contributed by atoms with E-state index in [4.69, 9.17) is 4.98 Å². The summed E-state index contributed by atoms with van der Waals surface area (Å²) in [6.07, 6.45) is -7.39. The number of nitrogens with zero attached hydrogens (tertiary/aromatic N) is 2. The predicted molar refractivity (Wildman–Crippen MR) is 122 cm³/mol. The first-order valence-corrected chi connectivity index (χ1v) is 13.9. The van der Waals surface area contributed by atoms with Crippen LogP contribution in [0.5, 0.6) is 0 Å². The Hall–Kier alpha value is -2.09. The molecule has 2 fully saturated rings. The Morgan fingerprint density at radius 2 is 1.94 bits per heavy atom. The Bertz CT molecular complexity index is 1070. The summed E-state index contributed by atoms with van der Waals surface area (Å²) in [7, 11) is 1.24. The van der Waals surface area contributed by atoms with Gasteiger partial charge in [-0.05, 0) is 0 Å². The van der Waals surface area contributed by atoms with E-state index in [1.807, 2.05) is 6.92 Å². The molecule has 3 rings (SSSR count). The third-order valence-corrected chi connectivity index (χ3v) is 8.80. The topological polar surface area (TPSA) is 75.6 Å². The van der Waals surface area contributed by atoms with Crippen LogP contribution < -0.4 is 31.8 Å². The molecule has 1 amide bonds. The minimum absolute atomic E-state index is 0.000156. The SMILES string of the molecule is C=C[I-]/C(=C1\C(=NC)NC(=O)O[C@H]1C(F)(F)F)c1cc(C(F)(F)CC)cc(C2(CC)CCNCC2)n1. The Morgan fingerprint density at radius 1 is 1.28 bits per heavy atom. The van der Waals surface area contributed by atoms with E-state index >= 15 is 8.78 Å². The number of pyridine rings is 1. The number of ether oxygens (including phenoxy) is 1. The van der Waals surface area contributed by atoms with E-state index in [2.05, 4.69) is 26.9 Å². The van der Waals surface area contributed by atoms with E-state index in [0.29, 0.717) is 38.0 Å². The molecule has 1 aromatic rings. The fraction of sp³-hybridized carbons (Fsp3) is 0.542. The first kappa shape index (κ1) is 28.5.